The second-order valence-corrected chi connectivity index (χ2v) is 5.47. The fourth-order valence-electron chi connectivity index (χ4n) is 2.73. The van der Waals surface area contributed by atoms with Gasteiger partial charge < -0.3 is 14.7 Å². The number of para-hydroxylation sites is 1. The van der Waals surface area contributed by atoms with Crippen molar-refractivity contribution in [2.75, 3.05) is 19.7 Å². The SMILES string of the molecule is CCOc1ccccc1C(=O)N1CC(O)(C2CC2)C1. The third-order valence-corrected chi connectivity index (χ3v) is 3.97. The van der Waals surface area contributed by atoms with Crippen LogP contribution in [0.4, 0.5) is 0 Å². The zero-order valence-electron chi connectivity index (χ0n) is 11.1. The van der Waals surface area contributed by atoms with Crippen LogP contribution < -0.4 is 4.74 Å². The Labute approximate surface area is 113 Å². The number of amides is 1. The molecule has 0 spiro atoms. The lowest BCUT2D eigenvalue weighted by Gasteiger charge is -2.47. The molecule has 0 radical (unpaired) electrons. The maximum Gasteiger partial charge on any atom is 0.257 e. The van der Waals surface area contributed by atoms with Gasteiger partial charge in [-0.15, -0.1) is 0 Å². The quantitative estimate of drug-likeness (QED) is 0.897. The van der Waals surface area contributed by atoms with E-state index >= 15 is 0 Å². The Bertz CT molecular complexity index is 490. The summed E-state index contributed by atoms with van der Waals surface area (Å²) < 4.78 is 5.48. The molecule has 1 saturated carbocycles. The standard InChI is InChI=1S/C15H19NO3/c1-2-19-13-6-4-3-5-12(13)14(17)16-9-15(18,10-16)11-7-8-11/h3-6,11,18H,2,7-10H2,1H3. The number of rotatable bonds is 4. The number of hydrogen-bond donors (Lipinski definition) is 1. The fraction of sp³-hybridized carbons (Fsp3) is 0.533. The first-order valence-electron chi connectivity index (χ1n) is 6.87. The van der Waals surface area contributed by atoms with Gasteiger partial charge in [-0.3, -0.25) is 4.79 Å². The molecule has 1 aromatic rings. The van der Waals surface area contributed by atoms with E-state index in [1.807, 2.05) is 25.1 Å². The van der Waals surface area contributed by atoms with Gasteiger partial charge in [0.25, 0.3) is 5.91 Å². The summed E-state index contributed by atoms with van der Waals surface area (Å²) >= 11 is 0. The lowest BCUT2D eigenvalue weighted by molar-refractivity contribution is -0.0958. The molecule has 4 heteroatoms. The second-order valence-electron chi connectivity index (χ2n) is 5.47. The van der Waals surface area contributed by atoms with Gasteiger partial charge in [0, 0.05) is 0 Å². The van der Waals surface area contributed by atoms with Gasteiger partial charge in [0.1, 0.15) is 11.4 Å². The summed E-state index contributed by atoms with van der Waals surface area (Å²) in [5.41, 5.74) is -0.0434. The van der Waals surface area contributed by atoms with Gasteiger partial charge in [-0.05, 0) is 37.8 Å². The molecule has 1 saturated heterocycles. The minimum atomic E-state index is -0.629. The summed E-state index contributed by atoms with van der Waals surface area (Å²) in [5, 5.41) is 10.3. The molecular weight excluding hydrogens is 242 g/mol. The van der Waals surface area contributed by atoms with Crippen LogP contribution >= 0.6 is 0 Å². The zero-order valence-corrected chi connectivity index (χ0v) is 11.1. The Hall–Kier alpha value is -1.55. The van der Waals surface area contributed by atoms with Crippen LogP contribution in [0.3, 0.4) is 0 Å². The topological polar surface area (TPSA) is 49.8 Å². The molecule has 2 aliphatic rings. The normalized spacial score (nSPS) is 20.8. The van der Waals surface area contributed by atoms with Gasteiger partial charge in [-0.25, -0.2) is 0 Å². The first-order chi connectivity index (χ1) is 9.14. The van der Waals surface area contributed by atoms with Gasteiger partial charge in [0.05, 0.1) is 25.3 Å². The van der Waals surface area contributed by atoms with E-state index in [1.165, 1.54) is 0 Å². The Balaban J connectivity index is 1.71. The first-order valence-corrected chi connectivity index (χ1v) is 6.87. The molecule has 1 aliphatic heterocycles. The van der Waals surface area contributed by atoms with Crippen LogP contribution in [0.2, 0.25) is 0 Å². The molecule has 1 N–H and O–H groups in total. The number of ether oxygens (including phenoxy) is 1. The maximum atomic E-state index is 12.4. The summed E-state index contributed by atoms with van der Waals surface area (Å²) in [7, 11) is 0. The third-order valence-electron chi connectivity index (χ3n) is 3.97. The van der Waals surface area contributed by atoms with Crippen LogP contribution in [-0.4, -0.2) is 41.2 Å². The molecule has 4 nitrogen and oxygen atoms in total. The van der Waals surface area contributed by atoms with Crippen molar-refractivity contribution in [3.8, 4) is 5.75 Å². The van der Waals surface area contributed by atoms with E-state index in [0.29, 0.717) is 36.9 Å². The van der Waals surface area contributed by atoms with Crippen molar-refractivity contribution in [3.63, 3.8) is 0 Å². The van der Waals surface area contributed by atoms with E-state index in [2.05, 4.69) is 0 Å². The van der Waals surface area contributed by atoms with Crippen molar-refractivity contribution in [2.24, 2.45) is 5.92 Å². The summed E-state index contributed by atoms with van der Waals surface area (Å²) in [6.07, 6.45) is 2.18. The Kier molecular flexibility index (Phi) is 2.97. The summed E-state index contributed by atoms with van der Waals surface area (Å²) in [6.45, 7) is 3.35. The van der Waals surface area contributed by atoms with Crippen molar-refractivity contribution in [1.29, 1.82) is 0 Å². The molecule has 1 heterocycles. The van der Waals surface area contributed by atoms with E-state index in [4.69, 9.17) is 4.74 Å². The molecule has 1 aromatic carbocycles. The van der Waals surface area contributed by atoms with Crippen molar-refractivity contribution in [3.05, 3.63) is 29.8 Å². The van der Waals surface area contributed by atoms with E-state index in [0.717, 1.165) is 12.8 Å². The summed E-state index contributed by atoms with van der Waals surface area (Å²) in [6, 6.07) is 7.28. The molecule has 0 atom stereocenters. The highest BCUT2D eigenvalue weighted by Crippen LogP contribution is 2.45. The predicted molar refractivity (Wildman–Crippen MR) is 71.2 cm³/mol. The van der Waals surface area contributed by atoms with E-state index in [9.17, 15) is 9.90 Å². The lowest BCUT2D eigenvalue weighted by atomic mass is 9.88. The number of nitrogens with zero attached hydrogens (tertiary/aromatic N) is 1. The van der Waals surface area contributed by atoms with E-state index < -0.39 is 5.60 Å². The average Bonchev–Trinajstić information content (AvgIpc) is 3.20. The molecule has 19 heavy (non-hydrogen) atoms. The zero-order chi connectivity index (χ0) is 13.5. The van der Waals surface area contributed by atoms with Gasteiger partial charge in [-0.2, -0.15) is 0 Å². The van der Waals surface area contributed by atoms with Crippen LogP contribution in [0, 0.1) is 5.92 Å². The first kappa shape index (κ1) is 12.5. The number of carbonyl (C=O) groups is 1. The molecule has 102 valence electrons. The van der Waals surface area contributed by atoms with Gasteiger partial charge in [-0.1, -0.05) is 12.1 Å². The predicted octanol–water partition coefficient (Wildman–Crippen LogP) is 1.68. The van der Waals surface area contributed by atoms with Gasteiger partial charge in [0.2, 0.25) is 0 Å². The van der Waals surface area contributed by atoms with E-state index in [1.54, 1.807) is 11.0 Å². The second kappa shape index (κ2) is 4.53. The molecule has 0 aromatic heterocycles. The lowest BCUT2D eigenvalue weighted by Crippen LogP contribution is -2.64. The number of β-amino-alcohol motifs (C(OH)–C–C–N with tert-alkyl or cyclic N) is 1. The van der Waals surface area contributed by atoms with E-state index in [-0.39, 0.29) is 5.91 Å². The van der Waals surface area contributed by atoms with Crippen LogP contribution in [0.25, 0.3) is 0 Å². The molecule has 1 aliphatic carbocycles. The Morgan fingerprint density at radius 2 is 2.11 bits per heavy atom. The maximum absolute atomic E-state index is 12.4. The number of hydrogen-bond acceptors (Lipinski definition) is 3. The smallest absolute Gasteiger partial charge is 0.257 e. The van der Waals surface area contributed by atoms with Crippen LogP contribution in [-0.2, 0) is 0 Å². The molecular formula is C15H19NO3. The number of carbonyl (C=O) groups excluding carboxylic acids is 1. The Morgan fingerprint density at radius 3 is 2.74 bits per heavy atom. The molecule has 3 rings (SSSR count). The van der Waals surface area contributed by atoms with Crippen LogP contribution in [0.15, 0.2) is 24.3 Å². The summed E-state index contributed by atoms with van der Waals surface area (Å²) in [5.74, 6) is 0.977. The van der Waals surface area contributed by atoms with Gasteiger partial charge >= 0.3 is 0 Å². The third kappa shape index (κ3) is 2.21. The van der Waals surface area contributed by atoms with Gasteiger partial charge in [0.15, 0.2) is 0 Å². The number of aliphatic hydroxyl groups is 1. The monoisotopic (exact) mass is 261 g/mol. The largest absolute Gasteiger partial charge is 0.493 e. The van der Waals surface area contributed by atoms with Crippen molar-refractivity contribution < 1.29 is 14.6 Å². The van der Waals surface area contributed by atoms with Crippen molar-refractivity contribution >= 4 is 5.91 Å². The average molecular weight is 261 g/mol. The number of benzene rings is 1. The minimum absolute atomic E-state index is 0.0469. The van der Waals surface area contributed by atoms with Crippen LogP contribution in [0.5, 0.6) is 5.75 Å². The fourth-order valence-corrected chi connectivity index (χ4v) is 2.73. The molecule has 0 bridgehead atoms. The van der Waals surface area contributed by atoms with Crippen molar-refractivity contribution in [1.82, 2.24) is 4.90 Å². The number of likely N-dealkylation sites (tertiary alicyclic amines) is 1. The van der Waals surface area contributed by atoms with Crippen LogP contribution in [0.1, 0.15) is 30.1 Å². The van der Waals surface area contributed by atoms with Crippen molar-refractivity contribution in [2.45, 2.75) is 25.4 Å². The molecule has 1 amide bonds. The highest BCUT2D eigenvalue weighted by atomic mass is 16.5. The Morgan fingerprint density at radius 1 is 1.42 bits per heavy atom. The highest BCUT2D eigenvalue weighted by Gasteiger charge is 2.53. The highest BCUT2D eigenvalue weighted by molar-refractivity contribution is 5.97. The summed E-state index contributed by atoms with van der Waals surface area (Å²) in [4.78, 5) is 14.1. The minimum Gasteiger partial charge on any atom is -0.493 e. The molecule has 2 fully saturated rings. The molecule has 0 unspecified atom stereocenters.